The summed E-state index contributed by atoms with van der Waals surface area (Å²) in [4.78, 5) is 17.1. The number of hydrogen-bond donors (Lipinski definition) is 4. The van der Waals surface area contributed by atoms with Gasteiger partial charge in [-0.1, -0.05) is 87.5 Å². The number of esters is 1. The van der Waals surface area contributed by atoms with E-state index >= 15 is 0 Å². The van der Waals surface area contributed by atoms with Crippen LogP contribution < -0.4 is 9.80 Å². The number of carbonyl (C=O) groups is 1. The Morgan fingerprint density at radius 2 is 0.940 bits per heavy atom. The second-order valence-electron chi connectivity index (χ2n) is 17.1. The molecular weight excluding hydrogens is 857 g/mol. The monoisotopic (exact) mass is 933 g/mol. The molecule has 0 aliphatic heterocycles. The fourth-order valence-electron chi connectivity index (χ4n) is 7.56. The van der Waals surface area contributed by atoms with Gasteiger partial charge in [0.25, 0.3) is 0 Å². The van der Waals surface area contributed by atoms with E-state index in [0.29, 0.717) is 97.8 Å². The molecule has 0 fully saturated rings. The second kappa shape index (κ2) is 31.4. The number of hydrogen-bond acceptors (Lipinski definition) is 14. The van der Waals surface area contributed by atoms with Crippen molar-refractivity contribution in [3.8, 4) is 5.75 Å². The molecule has 370 valence electrons. The van der Waals surface area contributed by atoms with Crippen molar-refractivity contribution >= 4 is 17.3 Å². The Labute approximate surface area is 398 Å². The largest absolute Gasteiger partial charge is 0.507 e. The van der Waals surface area contributed by atoms with E-state index in [-0.39, 0.29) is 70.0 Å². The number of nitrogens with zero attached hydrogens (tertiary/aromatic N) is 2. The molecule has 14 nitrogen and oxygen atoms in total. The quantitative estimate of drug-likeness (QED) is 0.0239. The van der Waals surface area contributed by atoms with Crippen LogP contribution in [0, 0.1) is 6.92 Å². The zero-order valence-electron chi connectivity index (χ0n) is 40.2. The molecule has 0 aromatic heterocycles. The Kier molecular flexibility index (Phi) is 25.8. The number of phenolic OH excluding ortho intramolecular Hbond substituents is 1. The Morgan fingerprint density at radius 3 is 1.37 bits per heavy atom. The maximum absolute atomic E-state index is 12.6. The number of carbonyl (C=O) groups excluding carboxylic acids is 1. The number of aliphatic hydroxyl groups is 3. The third-order valence-corrected chi connectivity index (χ3v) is 11.1. The molecule has 0 saturated heterocycles. The summed E-state index contributed by atoms with van der Waals surface area (Å²) in [5.41, 5.74) is 7.94. The van der Waals surface area contributed by atoms with Gasteiger partial charge in [-0.2, -0.15) is 0 Å². The number of phenols is 1. The van der Waals surface area contributed by atoms with E-state index in [4.69, 9.17) is 43.4 Å². The molecule has 0 aliphatic carbocycles. The number of aromatic hydroxyl groups is 1. The molecule has 0 saturated carbocycles. The van der Waals surface area contributed by atoms with E-state index in [9.17, 15) is 15.0 Å². The van der Waals surface area contributed by atoms with Crippen LogP contribution in [0.5, 0.6) is 5.75 Å². The smallest absolute Gasteiger partial charge is 0.306 e. The first kappa shape index (κ1) is 55.0. The van der Waals surface area contributed by atoms with Gasteiger partial charge < -0.3 is 63.4 Å². The summed E-state index contributed by atoms with van der Waals surface area (Å²) in [6.45, 7) is 15.2. The molecule has 0 aliphatic rings. The van der Waals surface area contributed by atoms with Crippen molar-refractivity contribution in [2.45, 2.75) is 51.9 Å². The van der Waals surface area contributed by atoms with Gasteiger partial charge >= 0.3 is 5.97 Å². The molecular formula is C53H76N2O12. The van der Waals surface area contributed by atoms with Crippen molar-refractivity contribution in [2.75, 3.05) is 142 Å². The Balaban J connectivity index is 1.39. The van der Waals surface area contributed by atoms with Crippen LogP contribution in [0.2, 0.25) is 0 Å². The molecule has 4 aromatic carbocycles. The first-order valence-corrected chi connectivity index (χ1v) is 23.6. The highest BCUT2D eigenvalue weighted by atomic mass is 16.6. The van der Waals surface area contributed by atoms with Crippen LogP contribution in [0.3, 0.4) is 0 Å². The lowest BCUT2D eigenvalue weighted by molar-refractivity contribution is -0.145. The lowest BCUT2D eigenvalue weighted by Crippen LogP contribution is -2.31. The highest BCUT2D eigenvalue weighted by Crippen LogP contribution is 2.35. The average molecular weight is 933 g/mol. The van der Waals surface area contributed by atoms with Gasteiger partial charge in [-0.25, -0.2) is 0 Å². The van der Waals surface area contributed by atoms with Gasteiger partial charge in [0, 0.05) is 49.9 Å². The van der Waals surface area contributed by atoms with Crippen LogP contribution in [0.1, 0.15) is 66.5 Å². The Bertz CT molecular complexity index is 1930. The van der Waals surface area contributed by atoms with E-state index in [1.807, 2.05) is 25.1 Å². The molecule has 0 amide bonds. The molecule has 0 radical (unpaired) electrons. The standard InChI is InChI=1S/C53H76N2O12/c1-42-40-43(41-49(52(42)60)53(2,3)4)10-19-50(59)67-39-38-64-30-23-55(22-29-63-35-37-66-33-26-58)48-17-13-46(14-18-48)51(44-8-6-5-7-9-44)45-11-15-47(16-12-45)54(20-27-61-31-24-56)21-28-62-34-36-65-32-25-57/h5-9,11-18,40-41,51,56-58,60H,10,19-39H2,1-4H3. The van der Waals surface area contributed by atoms with Gasteiger partial charge in [0.15, 0.2) is 0 Å². The molecule has 1 unspecified atom stereocenters. The molecule has 67 heavy (non-hydrogen) atoms. The molecule has 4 N–H and O–H groups in total. The van der Waals surface area contributed by atoms with Gasteiger partial charge in [-0.05, 0) is 76.4 Å². The first-order chi connectivity index (χ1) is 32.5. The van der Waals surface area contributed by atoms with Crippen LogP contribution in [-0.2, 0) is 49.8 Å². The fraction of sp³-hybridized carbons (Fsp3) is 0.528. The Hall–Kier alpha value is -4.61. The number of anilines is 2. The van der Waals surface area contributed by atoms with Gasteiger partial charge in [0.2, 0.25) is 0 Å². The van der Waals surface area contributed by atoms with Crippen LogP contribution >= 0.6 is 0 Å². The lowest BCUT2D eigenvalue weighted by Gasteiger charge is -2.27. The average Bonchev–Trinajstić information content (AvgIpc) is 3.33. The second-order valence-corrected chi connectivity index (χ2v) is 17.1. The summed E-state index contributed by atoms with van der Waals surface area (Å²) in [6.07, 6.45) is 0.761. The highest BCUT2D eigenvalue weighted by Gasteiger charge is 2.21. The van der Waals surface area contributed by atoms with Crippen molar-refractivity contribution in [3.63, 3.8) is 0 Å². The lowest BCUT2D eigenvalue weighted by atomic mass is 9.83. The fourth-order valence-corrected chi connectivity index (χ4v) is 7.56. The summed E-state index contributed by atoms with van der Waals surface area (Å²) in [7, 11) is 0. The minimum absolute atomic E-state index is 0.0153. The molecule has 4 rings (SSSR count). The normalized spacial score (nSPS) is 12.0. The van der Waals surface area contributed by atoms with Crippen LogP contribution in [0.4, 0.5) is 11.4 Å². The van der Waals surface area contributed by atoms with Gasteiger partial charge in [0.05, 0.1) is 99.1 Å². The maximum atomic E-state index is 12.6. The SMILES string of the molecule is Cc1cc(CCC(=O)OCCOCCN(CCOCCOCCO)c2ccc(C(c3ccccc3)c3ccc(N(CCOCCO)CCOCCOCCO)cc3)cc2)cc(C(C)(C)C)c1O. The highest BCUT2D eigenvalue weighted by molar-refractivity contribution is 5.69. The van der Waals surface area contributed by atoms with Crippen molar-refractivity contribution in [2.24, 2.45) is 0 Å². The zero-order chi connectivity index (χ0) is 48.1. The van der Waals surface area contributed by atoms with E-state index in [0.717, 1.165) is 39.2 Å². The number of aliphatic hydroxyl groups excluding tert-OH is 3. The van der Waals surface area contributed by atoms with Crippen molar-refractivity contribution in [1.29, 1.82) is 0 Å². The van der Waals surface area contributed by atoms with Gasteiger partial charge in [-0.15, -0.1) is 0 Å². The zero-order valence-corrected chi connectivity index (χ0v) is 40.2. The van der Waals surface area contributed by atoms with E-state index in [1.54, 1.807) is 0 Å². The van der Waals surface area contributed by atoms with E-state index < -0.39 is 0 Å². The van der Waals surface area contributed by atoms with Gasteiger partial charge in [-0.3, -0.25) is 4.79 Å². The maximum Gasteiger partial charge on any atom is 0.306 e. The minimum Gasteiger partial charge on any atom is -0.507 e. The molecule has 4 aromatic rings. The topological polar surface area (TPSA) is 169 Å². The number of aryl methyl sites for hydroxylation is 2. The first-order valence-electron chi connectivity index (χ1n) is 23.6. The van der Waals surface area contributed by atoms with E-state index in [1.165, 1.54) is 5.56 Å². The van der Waals surface area contributed by atoms with Crippen molar-refractivity contribution < 1.29 is 58.4 Å². The van der Waals surface area contributed by atoms with Crippen molar-refractivity contribution in [3.05, 3.63) is 124 Å². The Morgan fingerprint density at radius 1 is 0.537 bits per heavy atom. The summed E-state index contributed by atoms with van der Waals surface area (Å²) in [5.74, 6) is -0.0152. The summed E-state index contributed by atoms with van der Waals surface area (Å²) < 4.78 is 39.4. The molecule has 0 spiro atoms. The summed E-state index contributed by atoms with van der Waals surface area (Å²) in [6, 6.07) is 31.6. The van der Waals surface area contributed by atoms with Crippen LogP contribution in [0.25, 0.3) is 0 Å². The third kappa shape index (κ3) is 20.3. The predicted molar refractivity (Wildman–Crippen MR) is 262 cm³/mol. The number of rotatable bonds is 35. The number of benzene rings is 4. The molecule has 0 bridgehead atoms. The molecule has 14 heteroatoms. The van der Waals surface area contributed by atoms with Gasteiger partial charge in [0.1, 0.15) is 12.4 Å². The summed E-state index contributed by atoms with van der Waals surface area (Å²) in [5, 5.41) is 37.7. The molecule has 0 heterocycles. The van der Waals surface area contributed by atoms with Crippen molar-refractivity contribution in [1.82, 2.24) is 0 Å². The minimum atomic E-state index is -0.292. The van der Waals surface area contributed by atoms with Crippen LogP contribution in [0.15, 0.2) is 91.0 Å². The van der Waals surface area contributed by atoms with E-state index in [2.05, 4.69) is 103 Å². The number of ether oxygens (including phenoxy) is 7. The molecule has 1 atom stereocenters. The van der Waals surface area contributed by atoms with Crippen LogP contribution in [-0.4, -0.2) is 158 Å². The summed E-state index contributed by atoms with van der Waals surface area (Å²) >= 11 is 0. The third-order valence-electron chi connectivity index (χ3n) is 11.1. The predicted octanol–water partition coefficient (Wildman–Crippen LogP) is 6.04.